The fourth-order valence-corrected chi connectivity index (χ4v) is 4.00. The molecule has 2 aromatic carbocycles. The molecule has 0 saturated heterocycles. The lowest BCUT2D eigenvalue weighted by Gasteiger charge is -2.34. The number of amides is 1. The summed E-state index contributed by atoms with van der Waals surface area (Å²) in [6, 6.07) is 11.7. The van der Waals surface area contributed by atoms with E-state index in [0.717, 1.165) is 0 Å². The van der Waals surface area contributed by atoms with E-state index in [1.165, 1.54) is 18.5 Å². The maximum atomic E-state index is 12.8. The fourth-order valence-electron chi connectivity index (χ4n) is 2.87. The van der Waals surface area contributed by atoms with Crippen molar-refractivity contribution in [3.05, 3.63) is 42.5 Å². The number of nitrogens with zero attached hydrogens (tertiary/aromatic N) is 1. The van der Waals surface area contributed by atoms with Crippen LogP contribution < -0.4 is 23.8 Å². The van der Waals surface area contributed by atoms with Gasteiger partial charge in [-0.15, -0.1) is 0 Å². The van der Waals surface area contributed by atoms with Crippen molar-refractivity contribution in [1.82, 2.24) is 0 Å². The topological polar surface area (TPSA) is 94.2 Å². The van der Waals surface area contributed by atoms with E-state index in [1.54, 1.807) is 49.4 Å². The summed E-state index contributed by atoms with van der Waals surface area (Å²) in [7, 11) is -0.553. The second kappa shape index (κ2) is 7.97. The second-order valence-electron chi connectivity index (χ2n) is 6.06. The standard InChI is InChI=1S/C19H22N2O6S/c1-4-28(23,24)21-12-18(27-16-8-6-5-7-15(16)21)19(22)20-14-10-9-13(25-2)11-17(14)26-3/h5-11,18H,4,12H2,1-3H3,(H,20,22). The lowest BCUT2D eigenvalue weighted by Crippen LogP contribution is -2.49. The number of rotatable bonds is 6. The Labute approximate surface area is 164 Å². The van der Waals surface area contributed by atoms with Crippen LogP contribution >= 0.6 is 0 Å². The first kappa shape index (κ1) is 19.8. The van der Waals surface area contributed by atoms with Crippen molar-refractivity contribution in [3.8, 4) is 17.2 Å². The molecular formula is C19H22N2O6S. The van der Waals surface area contributed by atoms with E-state index in [2.05, 4.69) is 5.32 Å². The van der Waals surface area contributed by atoms with E-state index in [4.69, 9.17) is 14.2 Å². The van der Waals surface area contributed by atoms with Crippen LogP contribution in [0.25, 0.3) is 0 Å². The van der Waals surface area contributed by atoms with Crippen molar-refractivity contribution in [3.63, 3.8) is 0 Å². The van der Waals surface area contributed by atoms with E-state index in [9.17, 15) is 13.2 Å². The average Bonchev–Trinajstić information content (AvgIpc) is 2.73. The molecule has 0 aromatic heterocycles. The summed E-state index contributed by atoms with van der Waals surface area (Å²) in [5.74, 6) is 0.781. The number of sulfonamides is 1. The molecule has 0 radical (unpaired) electrons. The first-order valence-corrected chi connectivity index (χ1v) is 10.3. The van der Waals surface area contributed by atoms with Gasteiger partial charge in [-0.05, 0) is 31.2 Å². The highest BCUT2D eigenvalue weighted by Gasteiger charge is 2.36. The predicted octanol–water partition coefficient (Wildman–Crippen LogP) is 2.26. The van der Waals surface area contributed by atoms with Gasteiger partial charge in [0.1, 0.15) is 17.2 Å². The molecule has 0 fully saturated rings. The Bertz CT molecular complexity index is 976. The third-order valence-electron chi connectivity index (χ3n) is 4.39. The molecular weight excluding hydrogens is 384 g/mol. The van der Waals surface area contributed by atoms with Crippen LogP contribution in [0.2, 0.25) is 0 Å². The summed E-state index contributed by atoms with van der Waals surface area (Å²) in [4.78, 5) is 12.8. The predicted molar refractivity (Wildman–Crippen MR) is 106 cm³/mol. The molecule has 1 heterocycles. The number of carbonyl (C=O) groups excluding carboxylic acids is 1. The number of hydrogen-bond donors (Lipinski definition) is 1. The van der Waals surface area contributed by atoms with Crippen molar-refractivity contribution >= 4 is 27.3 Å². The lowest BCUT2D eigenvalue weighted by atomic mass is 10.2. The van der Waals surface area contributed by atoms with Crippen LogP contribution in [0.3, 0.4) is 0 Å². The maximum absolute atomic E-state index is 12.8. The second-order valence-corrected chi connectivity index (χ2v) is 8.24. The number of nitrogens with one attached hydrogen (secondary N) is 1. The molecule has 150 valence electrons. The van der Waals surface area contributed by atoms with E-state index in [-0.39, 0.29) is 12.3 Å². The number of hydrogen-bond acceptors (Lipinski definition) is 6. The van der Waals surface area contributed by atoms with E-state index < -0.39 is 22.0 Å². The number of para-hydroxylation sites is 2. The van der Waals surface area contributed by atoms with Gasteiger partial charge in [-0.25, -0.2) is 8.42 Å². The van der Waals surface area contributed by atoms with E-state index >= 15 is 0 Å². The van der Waals surface area contributed by atoms with Crippen LogP contribution in [-0.2, 0) is 14.8 Å². The number of fused-ring (bicyclic) bond motifs is 1. The molecule has 1 atom stereocenters. The van der Waals surface area contributed by atoms with Crippen LogP contribution in [0, 0.1) is 0 Å². The third kappa shape index (κ3) is 3.84. The largest absolute Gasteiger partial charge is 0.497 e. The molecule has 2 aromatic rings. The minimum atomic E-state index is -3.56. The smallest absolute Gasteiger partial charge is 0.267 e. The minimum absolute atomic E-state index is 0.0814. The van der Waals surface area contributed by atoms with Gasteiger partial charge in [0.15, 0.2) is 6.10 Å². The Morgan fingerprint density at radius 2 is 1.96 bits per heavy atom. The number of anilines is 2. The van der Waals surface area contributed by atoms with Crippen molar-refractivity contribution in [1.29, 1.82) is 0 Å². The van der Waals surface area contributed by atoms with Crippen molar-refractivity contribution in [2.75, 3.05) is 36.1 Å². The molecule has 0 aliphatic carbocycles. The number of methoxy groups -OCH3 is 2. The van der Waals surface area contributed by atoms with Crippen molar-refractivity contribution < 1.29 is 27.4 Å². The van der Waals surface area contributed by atoms with Crippen LogP contribution in [-0.4, -0.2) is 46.9 Å². The van der Waals surface area contributed by atoms with E-state index in [0.29, 0.717) is 28.6 Å². The molecule has 1 N–H and O–H groups in total. The first-order chi connectivity index (χ1) is 13.4. The highest BCUT2D eigenvalue weighted by atomic mass is 32.2. The van der Waals surface area contributed by atoms with Gasteiger partial charge in [-0.2, -0.15) is 0 Å². The Morgan fingerprint density at radius 3 is 2.64 bits per heavy atom. The van der Waals surface area contributed by atoms with Gasteiger partial charge in [0.2, 0.25) is 10.0 Å². The van der Waals surface area contributed by atoms with Gasteiger partial charge in [0.25, 0.3) is 5.91 Å². The lowest BCUT2D eigenvalue weighted by molar-refractivity contribution is -0.122. The normalized spacial score (nSPS) is 16.0. The van der Waals surface area contributed by atoms with Crippen LogP contribution in [0.15, 0.2) is 42.5 Å². The zero-order chi connectivity index (χ0) is 20.3. The molecule has 1 unspecified atom stereocenters. The number of carbonyl (C=O) groups is 1. The van der Waals surface area contributed by atoms with Gasteiger partial charge in [-0.3, -0.25) is 9.10 Å². The van der Waals surface area contributed by atoms with Gasteiger partial charge in [0, 0.05) is 6.07 Å². The zero-order valence-electron chi connectivity index (χ0n) is 15.8. The molecule has 9 heteroatoms. The summed E-state index contributed by atoms with van der Waals surface area (Å²) in [5.41, 5.74) is 0.857. The van der Waals surface area contributed by atoms with Crippen molar-refractivity contribution in [2.24, 2.45) is 0 Å². The summed E-state index contributed by atoms with van der Waals surface area (Å²) >= 11 is 0. The third-order valence-corrected chi connectivity index (χ3v) is 6.14. The van der Waals surface area contributed by atoms with Crippen LogP contribution in [0.4, 0.5) is 11.4 Å². The Morgan fingerprint density at radius 1 is 1.21 bits per heavy atom. The summed E-state index contributed by atoms with van der Waals surface area (Å²) < 4.78 is 42.5. The molecule has 1 aliphatic heterocycles. The average molecular weight is 406 g/mol. The quantitative estimate of drug-likeness (QED) is 0.791. The fraction of sp³-hybridized carbons (Fsp3) is 0.316. The highest BCUT2D eigenvalue weighted by molar-refractivity contribution is 7.92. The molecule has 8 nitrogen and oxygen atoms in total. The Hall–Kier alpha value is -2.94. The van der Waals surface area contributed by atoms with Crippen LogP contribution in [0.5, 0.6) is 17.2 Å². The molecule has 28 heavy (non-hydrogen) atoms. The zero-order valence-corrected chi connectivity index (χ0v) is 16.7. The monoisotopic (exact) mass is 406 g/mol. The molecule has 3 rings (SSSR count). The number of ether oxygens (including phenoxy) is 3. The van der Waals surface area contributed by atoms with Gasteiger partial charge in [-0.1, -0.05) is 12.1 Å². The van der Waals surface area contributed by atoms with Gasteiger partial charge in [0.05, 0.1) is 37.9 Å². The highest BCUT2D eigenvalue weighted by Crippen LogP contribution is 2.36. The molecule has 0 bridgehead atoms. The molecule has 1 aliphatic rings. The summed E-state index contributed by atoms with van der Waals surface area (Å²) in [6.45, 7) is 1.45. The minimum Gasteiger partial charge on any atom is -0.497 e. The summed E-state index contributed by atoms with van der Waals surface area (Å²) in [5, 5.41) is 2.74. The van der Waals surface area contributed by atoms with Crippen molar-refractivity contribution in [2.45, 2.75) is 13.0 Å². The van der Waals surface area contributed by atoms with Gasteiger partial charge >= 0.3 is 0 Å². The van der Waals surface area contributed by atoms with Gasteiger partial charge < -0.3 is 19.5 Å². The Balaban J connectivity index is 1.87. The Kier molecular flexibility index (Phi) is 5.64. The van der Waals surface area contributed by atoms with Crippen LogP contribution in [0.1, 0.15) is 6.92 Å². The SMILES string of the molecule is CCS(=O)(=O)N1CC(C(=O)Nc2ccc(OC)cc2OC)Oc2ccccc21. The first-order valence-electron chi connectivity index (χ1n) is 8.68. The van der Waals surface area contributed by atoms with E-state index in [1.807, 2.05) is 0 Å². The molecule has 0 spiro atoms. The molecule has 0 saturated carbocycles. The summed E-state index contributed by atoms with van der Waals surface area (Å²) in [6.07, 6.45) is -1.01. The molecule has 1 amide bonds. The number of benzene rings is 2. The maximum Gasteiger partial charge on any atom is 0.267 e.